The first kappa shape index (κ1) is 12.3. The van der Waals surface area contributed by atoms with E-state index in [1.165, 1.54) is 0 Å². The maximum absolute atomic E-state index is 5.50. The van der Waals surface area contributed by atoms with Gasteiger partial charge in [-0.1, -0.05) is 15.9 Å². The molecule has 1 atom stereocenters. The number of rotatable bonds is 4. The van der Waals surface area contributed by atoms with E-state index >= 15 is 0 Å². The molecule has 92 valence electrons. The quantitative estimate of drug-likeness (QED) is 0.922. The zero-order chi connectivity index (χ0) is 12.1. The molecule has 17 heavy (non-hydrogen) atoms. The summed E-state index contributed by atoms with van der Waals surface area (Å²) in [7, 11) is 1.67. The van der Waals surface area contributed by atoms with E-state index in [0.717, 1.165) is 35.3 Å². The molecular weight excluding hydrogens is 282 g/mol. The Hall–Kier alpha value is -1.16. The van der Waals surface area contributed by atoms with Gasteiger partial charge in [-0.25, -0.2) is 0 Å². The lowest BCUT2D eigenvalue weighted by molar-refractivity contribution is 0.135. The molecule has 1 heterocycles. The summed E-state index contributed by atoms with van der Waals surface area (Å²) in [6, 6.07) is 5.94. The van der Waals surface area contributed by atoms with E-state index in [1.807, 2.05) is 18.2 Å². The Morgan fingerprint density at radius 2 is 2.35 bits per heavy atom. The fourth-order valence-corrected chi connectivity index (χ4v) is 2.22. The van der Waals surface area contributed by atoms with Crippen molar-refractivity contribution in [2.24, 2.45) is 0 Å². The molecule has 1 aliphatic rings. The summed E-state index contributed by atoms with van der Waals surface area (Å²) >= 11 is 3.46. The second-order valence-electron chi connectivity index (χ2n) is 3.97. The van der Waals surface area contributed by atoms with Crippen molar-refractivity contribution >= 4 is 21.6 Å². The van der Waals surface area contributed by atoms with Gasteiger partial charge in [0.25, 0.3) is 0 Å². The van der Waals surface area contributed by atoms with Crippen molar-refractivity contribution in [1.82, 2.24) is 0 Å². The molecule has 1 aliphatic heterocycles. The average Bonchev–Trinajstić information content (AvgIpc) is 2.37. The van der Waals surface area contributed by atoms with Crippen LogP contribution in [0.4, 0.5) is 5.69 Å². The van der Waals surface area contributed by atoms with Gasteiger partial charge in [0.1, 0.15) is 11.9 Å². The van der Waals surface area contributed by atoms with E-state index in [0.29, 0.717) is 0 Å². The van der Waals surface area contributed by atoms with Crippen LogP contribution >= 0.6 is 15.9 Å². The summed E-state index contributed by atoms with van der Waals surface area (Å²) in [6.45, 7) is 0.809. The maximum atomic E-state index is 5.50. The Labute approximate surface area is 110 Å². The highest BCUT2D eigenvalue weighted by Crippen LogP contribution is 2.24. The highest BCUT2D eigenvalue weighted by atomic mass is 79.9. The molecule has 3 nitrogen and oxygen atoms in total. The van der Waals surface area contributed by atoms with Gasteiger partial charge in [-0.3, -0.25) is 0 Å². The van der Waals surface area contributed by atoms with Gasteiger partial charge in [-0.2, -0.15) is 0 Å². The number of allylic oxidation sites excluding steroid dienone is 1. The van der Waals surface area contributed by atoms with Gasteiger partial charge in [-0.15, -0.1) is 0 Å². The zero-order valence-corrected chi connectivity index (χ0v) is 11.4. The van der Waals surface area contributed by atoms with E-state index < -0.39 is 0 Å². The van der Waals surface area contributed by atoms with Gasteiger partial charge >= 0.3 is 0 Å². The molecule has 0 aromatic heterocycles. The van der Waals surface area contributed by atoms with Crippen LogP contribution < -0.4 is 10.1 Å². The summed E-state index contributed by atoms with van der Waals surface area (Å²) in [5.74, 6) is 0.839. The van der Waals surface area contributed by atoms with Gasteiger partial charge in [0, 0.05) is 16.2 Å². The first-order chi connectivity index (χ1) is 8.28. The van der Waals surface area contributed by atoms with Crippen LogP contribution in [0.25, 0.3) is 0 Å². The van der Waals surface area contributed by atoms with Crippen molar-refractivity contribution in [3.05, 3.63) is 35.0 Å². The molecule has 0 bridgehead atoms. The van der Waals surface area contributed by atoms with Crippen molar-refractivity contribution in [3.63, 3.8) is 0 Å². The van der Waals surface area contributed by atoms with Crippen LogP contribution in [0.1, 0.15) is 12.8 Å². The number of nitrogens with one attached hydrogen (secondary N) is 1. The van der Waals surface area contributed by atoms with Crippen LogP contribution in [0, 0.1) is 0 Å². The van der Waals surface area contributed by atoms with E-state index in [4.69, 9.17) is 9.47 Å². The second kappa shape index (κ2) is 5.96. The predicted octanol–water partition coefficient (Wildman–Crippen LogP) is 3.56. The first-order valence-corrected chi connectivity index (χ1v) is 6.46. The summed E-state index contributed by atoms with van der Waals surface area (Å²) in [5.41, 5.74) is 1.04. The Balaban J connectivity index is 1.93. The molecule has 1 aromatic rings. The van der Waals surface area contributed by atoms with E-state index in [2.05, 4.69) is 27.3 Å². The molecule has 2 rings (SSSR count). The smallest absolute Gasteiger partial charge is 0.122 e. The van der Waals surface area contributed by atoms with Crippen LogP contribution in [0.15, 0.2) is 35.0 Å². The number of benzene rings is 1. The Morgan fingerprint density at radius 1 is 1.47 bits per heavy atom. The number of anilines is 1. The third kappa shape index (κ3) is 3.66. The molecule has 0 saturated heterocycles. The first-order valence-electron chi connectivity index (χ1n) is 5.67. The zero-order valence-electron chi connectivity index (χ0n) is 9.78. The molecule has 0 aliphatic carbocycles. The van der Waals surface area contributed by atoms with Crippen LogP contribution in [-0.4, -0.2) is 19.8 Å². The predicted molar refractivity (Wildman–Crippen MR) is 72.4 cm³/mol. The van der Waals surface area contributed by atoms with Gasteiger partial charge in [-0.05, 0) is 31.1 Å². The van der Waals surface area contributed by atoms with Crippen LogP contribution in [0.3, 0.4) is 0 Å². The molecule has 1 unspecified atom stereocenters. The Kier molecular flexibility index (Phi) is 4.31. The van der Waals surface area contributed by atoms with E-state index in [-0.39, 0.29) is 6.10 Å². The van der Waals surface area contributed by atoms with Crippen molar-refractivity contribution in [2.75, 3.05) is 19.0 Å². The molecule has 4 heteroatoms. The van der Waals surface area contributed by atoms with Gasteiger partial charge < -0.3 is 14.8 Å². The third-order valence-corrected chi connectivity index (χ3v) is 3.12. The molecule has 0 saturated carbocycles. The van der Waals surface area contributed by atoms with Gasteiger partial charge in [0.15, 0.2) is 0 Å². The molecule has 0 radical (unpaired) electrons. The standard InChI is InChI=1S/C13H16BrNO2/c1-16-13-7-10(14)6-11(8-13)15-9-12-4-2-3-5-17-12/h3,5-8,12,15H,2,4,9H2,1H3. The monoisotopic (exact) mass is 297 g/mol. The number of ether oxygens (including phenoxy) is 2. The summed E-state index contributed by atoms with van der Waals surface area (Å²) in [6.07, 6.45) is 6.25. The van der Waals surface area contributed by atoms with Crippen molar-refractivity contribution in [2.45, 2.75) is 18.9 Å². The topological polar surface area (TPSA) is 30.5 Å². The Morgan fingerprint density at radius 3 is 3.06 bits per heavy atom. The minimum Gasteiger partial charge on any atom is -0.497 e. The van der Waals surface area contributed by atoms with Crippen molar-refractivity contribution in [3.8, 4) is 5.75 Å². The second-order valence-corrected chi connectivity index (χ2v) is 4.88. The molecule has 0 fully saturated rings. The minimum atomic E-state index is 0.255. The minimum absolute atomic E-state index is 0.255. The number of methoxy groups -OCH3 is 1. The fourth-order valence-electron chi connectivity index (χ4n) is 1.75. The number of hydrogen-bond acceptors (Lipinski definition) is 3. The maximum Gasteiger partial charge on any atom is 0.122 e. The van der Waals surface area contributed by atoms with Crippen molar-refractivity contribution < 1.29 is 9.47 Å². The van der Waals surface area contributed by atoms with Crippen LogP contribution in [0.5, 0.6) is 5.75 Å². The van der Waals surface area contributed by atoms with E-state index in [1.54, 1.807) is 13.4 Å². The van der Waals surface area contributed by atoms with Crippen LogP contribution in [0.2, 0.25) is 0 Å². The number of hydrogen-bond donors (Lipinski definition) is 1. The Bertz CT molecular complexity index is 406. The highest BCUT2D eigenvalue weighted by Gasteiger charge is 2.10. The summed E-state index contributed by atoms with van der Waals surface area (Å²) < 4.78 is 11.7. The largest absolute Gasteiger partial charge is 0.497 e. The molecule has 1 N–H and O–H groups in total. The SMILES string of the molecule is COc1cc(Br)cc(NCC2CCC=CO2)c1. The summed E-state index contributed by atoms with van der Waals surface area (Å²) in [4.78, 5) is 0. The highest BCUT2D eigenvalue weighted by molar-refractivity contribution is 9.10. The van der Waals surface area contributed by atoms with Crippen LogP contribution in [-0.2, 0) is 4.74 Å². The lowest BCUT2D eigenvalue weighted by Gasteiger charge is -2.20. The number of halogens is 1. The lowest BCUT2D eigenvalue weighted by Crippen LogP contribution is -2.22. The van der Waals surface area contributed by atoms with Gasteiger partial charge in [0.05, 0.1) is 19.9 Å². The molecule has 0 spiro atoms. The average molecular weight is 298 g/mol. The fraction of sp³-hybridized carbons (Fsp3) is 0.385. The molecular formula is C13H16BrNO2. The summed E-state index contributed by atoms with van der Waals surface area (Å²) in [5, 5.41) is 3.36. The molecule has 1 aromatic carbocycles. The van der Waals surface area contributed by atoms with Crippen molar-refractivity contribution in [1.29, 1.82) is 0 Å². The van der Waals surface area contributed by atoms with Gasteiger partial charge in [0.2, 0.25) is 0 Å². The molecule has 0 amide bonds. The lowest BCUT2D eigenvalue weighted by atomic mass is 10.1. The normalized spacial score (nSPS) is 18.6. The van der Waals surface area contributed by atoms with E-state index in [9.17, 15) is 0 Å². The third-order valence-electron chi connectivity index (χ3n) is 2.66.